The molecule has 5 atom stereocenters. The number of hydrogen-bond donors (Lipinski definition) is 3. The summed E-state index contributed by atoms with van der Waals surface area (Å²) < 4.78 is 32.3. The first-order valence-corrected chi connectivity index (χ1v) is 13.9. The normalized spacial score (nSPS) is 35.0. The number of rotatable bonds is 4. The maximum atomic E-state index is 13.4. The first kappa shape index (κ1) is 25.6. The summed E-state index contributed by atoms with van der Waals surface area (Å²) in [6, 6.07) is -1.78. The Hall–Kier alpha value is -2.47. The second-order valence-electron chi connectivity index (χ2n) is 10.1. The number of ether oxygens (including phenoxy) is 1. The highest BCUT2D eigenvalue weighted by Gasteiger charge is 2.62. The van der Waals surface area contributed by atoms with Gasteiger partial charge in [0.05, 0.1) is 17.8 Å². The molecule has 2 saturated carbocycles. The summed E-state index contributed by atoms with van der Waals surface area (Å²) in [6.07, 6.45) is 8.22. The monoisotopic (exact) mass is 510 g/mol. The van der Waals surface area contributed by atoms with Gasteiger partial charge in [-0.25, -0.2) is 8.42 Å². The van der Waals surface area contributed by atoms with E-state index in [1.807, 2.05) is 12.2 Å². The van der Waals surface area contributed by atoms with Crippen molar-refractivity contribution in [2.75, 3.05) is 6.54 Å². The Kier molecular flexibility index (Phi) is 7.23. The van der Waals surface area contributed by atoms with Gasteiger partial charge in [-0.1, -0.05) is 25.0 Å². The molecule has 0 spiro atoms. The summed E-state index contributed by atoms with van der Waals surface area (Å²) in [5.41, 5.74) is 4.73. The summed E-state index contributed by atoms with van der Waals surface area (Å²) in [6.45, 7) is 1.29. The highest BCUT2D eigenvalue weighted by atomic mass is 32.2. The SMILES string of the molecule is CC(=O)O[C@@H]1C[C@H]2C(=O)N[C@]3(C(=O)NS(=O)(=O)C4CC4)C[C@@H]3/C=C\CCCCC[C@H](N)C(=O)N2C1. The zero-order valence-electron chi connectivity index (χ0n) is 19.9. The van der Waals surface area contributed by atoms with E-state index in [2.05, 4.69) is 10.0 Å². The molecule has 0 aromatic rings. The molecular weight excluding hydrogens is 476 g/mol. The highest BCUT2D eigenvalue weighted by molar-refractivity contribution is 7.91. The van der Waals surface area contributed by atoms with Gasteiger partial charge < -0.3 is 20.7 Å². The van der Waals surface area contributed by atoms with Crippen LogP contribution < -0.4 is 15.8 Å². The highest BCUT2D eigenvalue weighted by Crippen LogP contribution is 2.46. The number of hydrogen-bond acceptors (Lipinski definition) is 8. The molecule has 1 saturated heterocycles. The fourth-order valence-electron chi connectivity index (χ4n) is 4.98. The molecule has 0 aromatic heterocycles. The molecule has 35 heavy (non-hydrogen) atoms. The third kappa shape index (κ3) is 5.69. The van der Waals surface area contributed by atoms with Crippen LogP contribution in [0.15, 0.2) is 12.2 Å². The molecule has 12 heteroatoms. The van der Waals surface area contributed by atoms with Crippen molar-refractivity contribution in [2.24, 2.45) is 11.7 Å². The third-order valence-corrected chi connectivity index (χ3v) is 9.04. The van der Waals surface area contributed by atoms with Gasteiger partial charge in [0.2, 0.25) is 21.8 Å². The van der Waals surface area contributed by atoms with Crippen LogP contribution in [0.25, 0.3) is 0 Å². The van der Waals surface area contributed by atoms with Gasteiger partial charge in [0, 0.05) is 19.3 Å². The first-order chi connectivity index (χ1) is 16.5. The van der Waals surface area contributed by atoms with Crippen LogP contribution in [0.4, 0.5) is 0 Å². The number of sulfonamides is 1. The average Bonchev–Trinajstić information content (AvgIpc) is 3.69. The maximum absolute atomic E-state index is 13.4. The second kappa shape index (κ2) is 9.88. The van der Waals surface area contributed by atoms with Crippen molar-refractivity contribution in [3.63, 3.8) is 0 Å². The molecule has 0 aromatic carbocycles. The van der Waals surface area contributed by atoms with E-state index in [4.69, 9.17) is 10.5 Å². The van der Waals surface area contributed by atoms with Gasteiger partial charge >= 0.3 is 5.97 Å². The largest absolute Gasteiger partial charge is 0.461 e. The minimum Gasteiger partial charge on any atom is -0.461 e. The van der Waals surface area contributed by atoms with Gasteiger partial charge in [-0.3, -0.25) is 23.9 Å². The predicted molar refractivity (Wildman–Crippen MR) is 125 cm³/mol. The molecule has 4 N–H and O–H groups in total. The van der Waals surface area contributed by atoms with E-state index in [9.17, 15) is 27.6 Å². The number of allylic oxidation sites excluding steroid dienone is 1. The smallest absolute Gasteiger partial charge is 0.302 e. The predicted octanol–water partition coefficient (Wildman–Crippen LogP) is -0.150. The Morgan fingerprint density at radius 3 is 2.63 bits per heavy atom. The van der Waals surface area contributed by atoms with Crippen LogP contribution in [0.1, 0.15) is 64.7 Å². The van der Waals surface area contributed by atoms with Crippen molar-refractivity contribution in [1.29, 1.82) is 0 Å². The summed E-state index contributed by atoms with van der Waals surface area (Å²) in [5.74, 6) is -2.65. The van der Waals surface area contributed by atoms with Crippen LogP contribution in [0.5, 0.6) is 0 Å². The molecule has 3 amide bonds. The van der Waals surface area contributed by atoms with E-state index in [0.717, 1.165) is 25.7 Å². The lowest BCUT2D eigenvalue weighted by atomic mass is 10.1. The van der Waals surface area contributed by atoms with E-state index < -0.39 is 62.7 Å². The summed E-state index contributed by atoms with van der Waals surface area (Å²) >= 11 is 0. The van der Waals surface area contributed by atoms with E-state index in [-0.39, 0.29) is 25.3 Å². The van der Waals surface area contributed by atoms with E-state index >= 15 is 0 Å². The molecule has 0 unspecified atom stereocenters. The zero-order valence-corrected chi connectivity index (χ0v) is 20.7. The average molecular weight is 511 g/mol. The van der Waals surface area contributed by atoms with Crippen molar-refractivity contribution in [3.05, 3.63) is 12.2 Å². The molecule has 4 aliphatic rings. The standard InChI is InChI=1S/C23H34N4O7S/c1-14(28)34-16-11-19-20(29)25-23(22(31)26-35(32,33)17-9-10-17)12-15(23)7-5-3-2-4-6-8-18(24)21(30)27(19)13-16/h5,7,15-19H,2-4,6,8-13,24H2,1H3,(H,25,29)(H,26,31)/b7-5-/t15-,16+,18-,19-,23+/m0/s1. The maximum Gasteiger partial charge on any atom is 0.302 e. The number of nitrogens with one attached hydrogen (secondary N) is 2. The Bertz CT molecular complexity index is 1020. The molecule has 0 radical (unpaired) electrons. The number of esters is 1. The first-order valence-electron chi connectivity index (χ1n) is 12.3. The lowest BCUT2D eigenvalue weighted by Crippen LogP contribution is -2.57. The van der Waals surface area contributed by atoms with Gasteiger partial charge in [0.15, 0.2) is 0 Å². The van der Waals surface area contributed by atoms with Gasteiger partial charge in [0.1, 0.15) is 17.7 Å². The molecule has 2 aliphatic heterocycles. The molecule has 0 bridgehead atoms. The lowest BCUT2D eigenvalue weighted by molar-refractivity contribution is -0.146. The van der Waals surface area contributed by atoms with Crippen molar-refractivity contribution in [3.8, 4) is 0 Å². The van der Waals surface area contributed by atoms with Gasteiger partial charge in [-0.2, -0.15) is 0 Å². The Morgan fingerprint density at radius 1 is 1.20 bits per heavy atom. The Labute approximate surface area is 205 Å². The molecule has 194 valence electrons. The lowest BCUT2D eigenvalue weighted by Gasteiger charge is -2.28. The van der Waals surface area contributed by atoms with Crippen LogP contribution in [0.3, 0.4) is 0 Å². The van der Waals surface area contributed by atoms with Crippen LogP contribution in [0.2, 0.25) is 0 Å². The molecule has 2 aliphatic carbocycles. The number of nitrogens with two attached hydrogens (primary N) is 1. The van der Waals surface area contributed by atoms with Gasteiger partial charge in [-0.05, 0) is 38.5 Å². The van der Waals surface area contributed by atoms with Gasteiger partial charge in [0.25, 0.3) is 5.91 Å². The van der Waals surface area contributed by atoms with E-state index in [1.165, 1.54) is 11.8 Å². The van der Waals surface area contributed by atoms with Gasteiger partial charge in [-0.15, -0.1) is 0 Å². The van der Waals surface area contributed by atoms with Crippen molar-refractivity contribution < 1.29 is 32.3 Å². The number of carbonyl (C=O) groups excluding carboxylic acids is 4. The molecular formula is C23H34N4O7S. The number of nitrogens with zero attached hydrogens (tertiary/aromatic N) is 1. The fraction of sp³-hybridized carbons (Fsp3) is 0.739. The van der Waals surface area contributed by atoms with E-state index in [0.29, 0.717) is 19.3 Å². The molecule has 3 fully saturated rings. The number of amides is 3. The van der Waals surface area contributed by atoms with Crippen molar-refractivity contribution in [2.45, 2.75) is 93.7 Å². The van der Waals surface area contributed by atoms with Crippen LogP contribution in [-0.2, 0) is 33.9 Å². The number of carbonyl (C=O) groups is 4. The van der Waals surface area contributed by atoms with Crippen molar-refractivity contribution >= 4 is 33.7 Å². The van der Waals surface area contributed by atoms with Crippen molar-refractivity contribution in [1.82, 2.24) is 14.9 Å². The Morgan fingerprint density at radius 2 is 1.94 bits per heavy atom. The quantitative estimate of drug-likeness (QED) is 0.347. The van der Waals surface area contributed by atoms with Crippen LogP contribution in [0, 0.1) is 5.92 Å². The summed E-state index contributed by atoms with van der Waals surface area (Å²) in [7, 11) is -3.80. The summed E-state index contributed by atoms with van der Waals surface area (Å²) in [4.78, 5) is 52.5. The fourth-order valence-corrected chi connectivity index (χ4v) is 6.34. The molecule has 4 rings (SSSR count). The third-order valence-electron chi connectivity index (χ3n) is 7.22. The molecule has 11 nitrogen and oxygen atoms in total. The van der Waals surface area contributed by atoms with E-state index in [1.54, 1.807) is 0 Å². The Balaban J connectivity index is 1.59. The topological polar surface area (TPSA) is 165 Å². The van der Waals surface area contributed by atoms with Crippen LogP contribution in [-0.4, -0.2) is 72.5 Å². The zero-order chi connectivity index (χ0) is 25.4. The minimum absolute atomic E-state index is 0.0305. The minimum atomic E-state index is -3.80. The molecule has 2 heterocycles. The summed E-state index contributed by atoms with van der Waals surface area (Å²) in [5, 5.41) is 2.18. The van der Waals surface area contributed by atoms with Crippen LogP contribution >= 0.6 is 0 Å². The number of fused-ring (bicyclic) bond motifs is 2. The second-order valence-corrected chi connectivity index (χ2v) is 12.1.